The highest BCUT2D eigenvalue weighted by Crippen LogP contribution is 2.52. The molecule has 30 heavy (non-hydrogen) atoms. The van der Waals surface area contributed by atoms with Crippen LogP contribution in [0.4, 0.5) is 0 Å². The van der Waals surface area contributed by atoms with Crippen LogP contribution in [0.1, 0.15) is 36.0 Å². The van der Waals surface area contributed by atoms with Gasteiger partial charge in [0.25, 0.3) is 0 Å². The highest BCUT2D eigenvalue weighted by molar-refractivity contribution is 6.36. The standard InChI is InChI=1S/C21H21Cl2N5O2/c1-12-6-4-9-19(28-21(29)27(3)25-26-28)16(12)11-30-24-13(2)14-10-15(14)20-17(22)7-5-8-18(20)23/h4-9,14-15H,10-11H2,1-3H3. The summed E-state index contributed by atoms with van der Waals surface area (Å²) in [6, 6.07) is 11.2. The monoisotopic (exact) mass is 445 g/mol. The number of aromatic nitrogens is 4. The second-order valence-corrected chi connectivity index (χ2v) is 8.27. The molecule has 4 rings (SSSR count). The fourth-order valence-corrected chi connectivity index (χ4v) is 4.32. The maximum atomic E-state index is 12.2. The third-order valence-electron chi connectivity index (χ3n) is 5.45. The highest BCUT2D eigenvalue weighted by atomic mass is 35.5. The van der Waals surface area contributed by atoms with Crippen molar-refractivity contribution >= 4 is 28.9 Å². The molecular formula is C21H21Cl2N5O2. The summed E-state index contributed by atoms with van der Waals surface area (Å²) in [4.78, 5) is 17.9. The summed E-state index contributed by atoms with van der Waals surface area (Å²) in [6.45, 7) is 4.12. The van der Waals surface area contributed by atoms with Gasteiger partial charge in [0.2, 0.25) is 0 Å². The summed E-state index contributed by atoms with van der Waals surface area (Å²) < 4.78 is 2.45. The first-order valence-electron chi connectivity index (χ1n) is 9.56. The van der Waals surface area contributed by atoms with Gasteiger partial charge in [0.1, 0.15) is 6.61 Å². The fourth-order valence-electron chi connectivity index (χ4n) is 3.64. The van der Waals surface area contributed by atoms with Crippen LogP contribution >= 0.6 is 23.2 Å². The van der Waals surface area contributed by atoms with E-state index in [4.69, 9.17) is 28.0 Å². The maximum absolute atomic E-state index is 12.2. The van der Waals surface area contributed by atoms with Gasteiger partial charge in [-0.2, -0.15) is 9.36 Å². The van der Waals surface area contributed by atoms with Gasteiger partial charge in [-0.1, -0.05) is 46.6 Å². The topological polar surface area (TPSA) is 74.3 Å². The van der Waals surface area contributed by atoms with E-state index in [0.717, 1.165) is 28.8 Å². The number of tetrazole rings is 1. The van der Waals surface area contributed by atoms with Crippen LogP contribution in [0.15, 0.2) is 46.3 Å². The molecular weight excluding hydrogens is 425 g/mol. The number of rotatable bonds is 6. The minimum absolute atomic E-state index is 0.215. The van der Waals surface area contributed by atoms with Crippen LogP contribution in [0.25, 0.3) is 5.69 Å². The van der Waals surface area contributed by atoms with Crippen molar-refractivity contribution in [3.05, 3.63) is 73.6 Å². The summed E-state index contributed by atoms with van der Waals surface area (Å²) in [5, 5.41) is 13.4. The Balaban J connectivity index is 1.49. The van der Waals surface area contributed by atoms with Gasteiger partial charge in [0.15, 0.2) is 0 Å². The number of benzene rings is 2. The van der Waals surface area contributed by atoms with Crippen molar-refractivity contribution in [2.45, 2.75) is 32.8 Å². The summed E-state index contributed by atoms with van der Waals surface area (Å²) in [5.74, 6) is 0.507. The maximum Gasteiger partial charge on any atom is 0.368 e. The highest BCUT2D eigenvalue weighted by Gasteiger charge is 2.43. The predicted molar refractivity (Wildman–Crippen MR) is 117 cm³/mol. The van der Waals surface area contributed by atoms with E-state index in [2.05, 4.69) is 15.6 Å². The first-order chi connectivity index (χ1) is 14.4. The largest absolute Gasteiger partial charge is 0.391 e. The van der Waals surface area contributed by atoms with Gasteiger partial charge in [-0.05, 0) is 65.9 Å². The molecule has 0 radical (unpaired) electrons. The molecule has 0 aliphatic heterocycles. The van der Waals surface area contributed by atoms with Crippen LogP contribution in [-0.4, -0.2) is 25.5 Å². The molecule has 0 spiro atoms. The lowest BCUT2D eigenvalue weighted by atomic mass is 10.1. The lowest BCUT2D eigenvalue weighted by Crippen LogP contribution is -2.23. The minimum atomic E-state index is -0.320. The molecule has 0 saturated heterocycles. The van der Waals surface area contributed by atoms with Crippen LogP contribution in [0.5, 0.6) is 0 Å². The Morgan fingerprint density at radius 2 is 1.90 bits per heavy atom. The quantitative estimate of drug-likeness (QED) is 0.419. The Kier molecular flexibility index (Phi) is 5.66. The van der Waals surface area contributed by atoms with Crippen molar-refractivity contribution in [3.8, 4) is 5.69 Å². The van der Waals surface area contributed by atoms with Crippen LogP contribution in [-0.2, 0) is 18.5 Å². The van der Waals surface area contributed by atoms with E-state index in [1.807, 2.05) is 50.2 Å². The molecule has 156 valence electrons. The second-order valence-electron chi connectivity index (χ2n) is 7.46. The Hall–Kier alpha value is -2.64. The molecule has 9 heteroatoms. The average molecular weight is 446 g/mol. The lowest BCUT2D eigenvalue weighted by molar-refractivity contribution is 0.129. The van der Waals surface area contributed by atoms with Crippen LogP contribution < -0.4 is 5.69 Å². The van der Waals surface area contributed by atoms with Crippen molar-refractivity contribution in [1.82, 2.24) is 19.8 Å². The summed E-state index contributed by atoms with van der Waals surface area (Å²) in [6.07, 6.45) is 0.937. The number of hydrogen-bond donors (Lipinski definition) is 0. The normalized spacial score (nSPS) is 18.5. The molecule has 1 aromatic heterocycles. The lowest BCUT2D eigenvalue weighted by Gasteiger charge is -2.11. The Bertz CT molecular complexity index is 1160. The van der Waals surface area contributed by atoms with E-state index in [0.29, 0.717) is 15.7 Å². The Morgan fingerprint density at radius 3 is 2.57 bits per heavy atom. The molecule has 1 saturated carbocycles. The molecule has 7 nitrogen and oxygen atoms in total. The number of hydrogen-bond acceptors (Lipinski definition) is 5. The third-order valence-corrected chi connectivity index (χ3v) is 6.11. The van der Waals surface area contributed by atoms with Crippen LogP contribution in [0.2, 0.25) is 10.0 Å². The molecule has 1 heterocycles. The van der Waals surface area contributed by atoms with E-state index >= 15 is 0 Å². The first kappa shape index (κ1) is 20.6. The van der Waals surface area contributed by atoms with Crippen LogP contribution in [0.3, 0.4) is 0 Å². The summed E-state index contributed by atoms with van der Waals surface area (Å²) >= 11 is 12.7. The molecule has 2 unspecified atom stereocenters. The molecule has 1 aliphatic carbocycles. The zero-order valence-electron chi connectivity index (χ0n) is 16.8. The van der Waals surface area contributed by atoms with E-state index < -0.39 is 0 Å². The van der Waals surface area contributed by atoms with E-state index in [1.165, 1.54) is 9.36 Å². The number of halogens is 2. The van der Waals surface area contributed by atoms with Gasteiger partial charge in [0.05, 0.1) is 11.4 Å². The molecule has 0 N–H and O–H groups in total. The molecule has 0 amide bonds. The zero-order chi connectivity index (χ0) is 21.4. The molecule has 3 aromatic rings. The van der Waals surface area contributed by atoms with Crippen LogP contribution in [0, 0.1) is 12.8 Å². The number of aryl methyl sites for hydroxylation is 2. The van der Waals surface area contributed by atoms with Gasteiger partial charge in [-0.3, -0.25) is 0 Å². The Labute approximate surface area is 183 Å². The second kappa shape index (κ2) is 8.24. The molecule has 2 aromatic carbocycles. The third kappa shape index (κ3) is 3.87. The SMILES string of the molecule is CC(=NOCc1c(C)cccc1-n1nnn(C)c1=O)C1CC1c1c(Cl)cccc1Cl. The molecule has 1 aliphatic rings. The number of nitrogens with zero attached hydrogens (tertiary/aromatic N) is 5. The number of oxime groups is 1. The van der Waals surface area contributed by atoms with Crippen molar-refractivity contribution in [3.63, 3.8) is 0 Å². The van der Waals surface area contributed by atoms with Gasteiger partial charge in [0, 0.05) is 28.6 Å². The van der Waals surface area contributed by atoms with Crippen molar-refractivity contribution in [2.24, 2.45) is 18.1 Å². The fraction of sp³-hybridized carbons (Fsp3) is 0.333. The van der Waals surface area contributed by atoms with Gasteiger partial charge in [-0.25, -0.2) is 4.79 Å². The first-order valence-corrected chi connectivity index (χ1v) is 10.3. The van der Waals surface area contributed by atoms with Crippen molar-refractivity contribution < 1.29 is 4.84 Å². The van der Waals surface area contributed by atoms with Gasteiger partial charge in [-0.15, -0.1) is 0 Å². The summed E-state index contributed by atoms with van der Waals surface area (Å²) in [7, 11) is 1.56. The minimum Gasteiger partial charge on any atom is -0.391 e. The smallest absolute Gasteiger partial charge is 0.368 e. The molecule has 2 atom stereocenters. The summed E-state index contributed by atoms with van der Waals surface area (Å²) in [5.41, 5.74) is 3.99. The Morgan fingerprint density at radius 1 is 1.20 bits per heavy atom. The van der Waals surface area contributed by atoms with E-state index in [9.17, 15) is 4.79 Å². The van der Waals surface area contributed by atoms with Crippen molar-refractivity contribution in [1.29, 1.82) is 0 Å². The average Bonchev–Trinajstić information content (AvgIpc) is 3.42. The molecule has 1 fully saturated rings. The van der Waals surface area contributed by atoms with E-state index in [1.54, 1.807) is 7.05 Å². The van der Waals surface area contributed by atoms with Crippen molar-refractivity contribution in [2.75, 3.05) is 0 Å². The predicted octanol–water partition coefficient (Wildman–Crippen LogP) is 4.28. The van der Waals surface area contributed by atoms with Gasteiger partial charge >= 0.3 is 5.69 Å². The van der Waals surface area contributed by atoms with Gasteiger partial charge < -0.3 is 4.84 Å². The molecule has 0 bridgehead atoms. The van der Waals surface area contributed by atoms with E-state index in [-0.39, 0.29) is 24.1 Å². The zero-order valence-corrected chi connectivity index (χ0v) is 18.4.